The minimum atomic E-state index is -0.501. The van der Waals surface area contributed by atoms with Crippen LogP contribution in [0.5, 0.6) is 0 Å². The van der Waals surface area contributed by atoms with Gasteiger partial charge in [0.15, 0.2) is 17.3 Å². The van der Waals surface area contributed by atoms with Gasteiger partial charge in [-0.2, -0.15) is 5.10 Å². The number of nitrogens with zero attached hydrogens (tertiary/aromatic N) is 5. The molecule has 8 nitrogen and oxygen atoms in total. The van der Waals surface area contributed by atoms with Gasteiger partial charge in [-0.1, -0.05) is 30.9 Å². The Morgan fingerprint density at radius 2 is 2.06 bits per heavy atom. The third-order valence-corrected chi connectivity index (χ3v) is 5.73. The van der Waals surface area contributed by atoms with Gasteiger partial charge in [-0.25, -0.2) is 9.37 Å². The molecule has 0 bridgehead atoms. The van der Waals surface area contributed by atoms with Gasteiger partial charge in [-0.3, -0.25) is 14.9 Å². The van der Waals surface area contributed by atoms with Crippen molar-refractivity contribution in [1.82, 2.24) is 24.6 Å². The van der Waals surface area contributed by atoms with Crippen LogP contribution in [0.3, 0.4) is 0 Å². The van der Waals surface area contributed by atoms with E-state index in [-0.39, 0.29) is 5.02 Å². The molecule has 0 atom stereocenters. The summed E-state index contributed by atoms with van der Waals surface area (Å²) in [4.78, 5) is 21.2. The predicted octanol–water partition coefficient (Wildman–Crippen LogP) is 4.40. The number of hydrogen-bond acceptors (Lipinski definition) is 5. The van der Waals surface area contributed by atoms with Crippen LogP contribution in [0.2, 0.25) is 5.02 Å². The van der Waals surface area contributed by atoms with Gasteiger partial charge in [0.05, 0.1) is 34.8 Å². The first kappa shape index (κ1) is 19.7. The maximum absolute atomic E-state index is 15.3. The molecule has 0 saturated heterocycles. The number of aromatic amines is 1. The van der Waals surface area contributed by atoms with Gasteiger partial charge in [-0.05, 0) is 12.8 Å². The summed E-state index contributed by atoms with van der Waals surface area (Å²) in [5, 5.41) is 10.2. The molecule has 2 saturated carbocycles. The number of fused-ring (bicyclic) bond motifs is 2. The highest BCUT2D eigenvalue weighted by Gasteiger charge is 2.32. The maximum Gasteiger partial charge on any atom is 0.212 e. The molecular formula is C21H21ClFN7O. The van der Waals surface area contributed by atoms with Crippen molar-refractivity contribution in [3.8, 4) is 11.3 Å². The molecule has 3 heterocycles. The number of amides is 1. The number of carbonyl (C=O) groups is 1. The highest BCUT2D eigenvalue weighted by molar-refractivity contribution is 6.35. The Hall–Kier alpha value is -3.20. The number of rotatable bonds is 5. The molecular weight excluding hydrogens is 421 g/mol. The van der Waals surface area contributed by atoms with E-state index >= 15 is 4.39 Å². The fourth-order valence-electron chi connectivity index (χ4n) is 3.48. The van der Waals surface area contributed by atoms with E-state index in [2.05, 4.69) is 25.5 Å². The quantitative estimate of drug-likeness (QED) is 0.448. The van der Waals surface area contributed by atoms with Crippen LogP contribution in [0.1, 0.15) is 32.1 Å². The largest absolute Gasteiger partial charge is 0.367 e. The molecule has 2 fully saturated rings. The number of imidazole rings is 1. The minimum Gasteiger partial charge on any atom is -0.367 e. The molecule has 2 N–H and O–H groups in total. The molecule has 0 unspecified atom stereocenters. The van der Waals surface area contributed by atoms with Crippen molar-refractivity contribution >= 4 is 46.1 Å². The van der Waals surface area contributed by atoms with E-state index in [4.69, 9.17) is 11.6 Å². The van der Waals surface area contributed by atoms with Crippen molar-refractivity contribution in [1.29, 1.82) is 0 Å². The number of H-pyrrole nitrogens is 1. The molecule has 3 aromatic heterocycles. The first-order chi connectivity index (χ1) is 15.1. The van der Waals surface area contributed by atoms with E-state index in [1.807, 2.05) is 11.9 Å². The molecule has 160 valence electrons. The van der Waals surface area contributed by atoms with Crippen molar-refractivity contribution in [2.75, 3.05) is 17.3 Å². The van der Waals surface area contributed by atoms with Gasteiger partial charge in [0.25, 0.3) is 0 Å². The number of halogens is 2. The predicted molar refractivity (Wildman–Crippen MR) is 118 cm³/mol. The highest BCUT2D eigenvalue weighted by atomic mass is 35.5. The molecule has 4 aromatic rings. The van der Waals surface area contributed by atoms with E-state index < -0.39 is 5.82 Å². The Morgan fingerprint density at radius 1 is 1.29 bits per heavy atom. The normalized spacial score (nSPS) is 14.9. The Morgan fingerprint density at radius 3 is 2.74 bits per heavy atom. The lowest BCUT2D eigenvalue weighted by Crippen LogP contribution is -2.21. The van der Waals surface area contributed by atoms with Crippen molar-refractivity contribution in [2.24, 2.45) is 0 Å². The van der Waals surface area contributed by atoms with Crippen LogP contribution >= 0.6 is 11.6 Å². The summed E-state index contributed by atoms with van der Waals surface area (Å²) < 4.78 is 17.0. The van der Waals surface area contributed by atoms with Crippen LogP contribution in [-0.2, 0) is 4.79 Å². The van der Waals surface area contributed by atoms with Gasteiger partial charge >= 0.3 is 0 Å². The number of benzene rings is 1. The smallest absolute Gasteiger partial charge is 0.212 e. The van der Waals surface area contributed by atoms with Gasteiger partial charge < -0.3 is 14.6 Å². The number of aromatic nitrogens is 5. The number of carbonyl (C=O) groups excluding carboxylic acids is 1. The Bertz CT molecular complexity index is 1280. The summed E-state index contributed by atoms with van der Waals surface area (Å²) >= 11 is 6.48. The van der Waals surface area contributed by atoms with E-state index in [0.29, 0.717) is 51.8 Å². The minimum absolute atomic E-state index is 0.00500. The van der Waals surface area contributed by atoms with Gasteiger partial charge in [0.1, 0.15) is 5.69 Å². The monoisotopic (exact) mass is 441 g/mol. The standard InChI is InChI=1S/C18H15ClFN7O.C3H6/c1-26(9-2-3-9)18-16(20)15(19)14(10-4-23-25-17(10)18)11-6-27-7-12(22-8-28)24-13(27)5-21-11;1-2-3-1/h4-9H,2-3H2,1H3,(H,22,28)(H,23,25);1-3H2. The second-order valence-corrected chi connectivity index (χ2v) is 8.22. The summed E-state index contributed by atoms with van der Waals surface area (Å²) in [7, 11) is 1.86. The highest BCUT2D eigenvalue weighted by Crippen LogP contribution is 2.44. The van der Waals surface area contributed by atoms with Gasteiger partial charge in [0, 0.05) is 30.2 Å². The first-order valence-corrected chi connectivity index (χ1v) is 10.6. The molecule has 31 heavy (non-hydrogen) atoms. The van der Waals surface area contributed by atoms with Gasteiger partial charge in [-0.15, -0.1) is 0 Å². The van der Waals surface area contributed by atoms with E-state index in [1.165, 1.54) is 25.5 Å². The van der Waals surface area contributed by atoms with Crippen LogP contribution < -0.4 is 10.2 Å². The van der Waals surface area contributed by atoms with Crippen molar-refractivity contribution in [3.63, 3.8) is 0 Å². The summed E-state index contributed by atoms with van der Waals surface area (Å²) in [6, 6.07) is 0.312. The third-order valence-electron chi connectivity index (χ3n) is 5.37. The SMILES string of the molecule is C1CC1.CN(c1c(F)c(Cl)c(-c2cn3cc(NC=O)nc3cn2)c2cn[nH]c12)C1CC1. The second-order valence-electron chi connectivity index (χ2n) is 7.84. The molecule has 1 amide bonds. The molecule has 1 aromatic carbocycles. The average molecular weight is 442 g/mol. The molecule has 0 spiro atoms. The lowest BCUT2D eigenvalue weighted by atomic mass is 10.0. The second kappa shape index (κ2) is 7.81. The third kappa shape index (κ3) is 3.69. The summed E-state index contributed by atoms with van der Waals surface area (Å²) in [5.74, 6) is -0.111. The maximum atomic E-state index is 15.3. The van der Waals surface area contributed by atoms with Crippen LogP contribution in [0.25, 0.3) is 27.8 Å². The summed E-state index contributed by atoms with van der Waals surface area (Å²) in [6.45, 7) is 0. The Kier molecular flexibility index (Phi) is 4.97. The molecule has 2 aliphatic carbocycles. The number of anilines is 2. The molecule has 0 radical (unpaired) electrons. The van der Waals surface area contributed by atoms with E-state index in [0.717, 1.165) is 12.8 Å². The molecule has 10 heteroatoms. The average Bonchev–Trinajstić information content (AvgIpc) is 3.69. The fourth-order valence-corrected chi connectivity index (χ4v) is 3.77. The van der Waals surface area contributed by atoms with Crippen LogP contribution in [0.4, 0.5) is 15.9 Å². The zero-order valence-corrected chi connectivity index (χ0v) is 17.7. The van der Waals surface area contributed by atoms with Crippen molar-refractivity contribution in [3.05, 3.63) is 35.6 Å². The van der Waals surface area contributed by atoms with Crippen molar-refractivity contribution < 1.29 is 9.18 Å². The zero-order chi connectivity index (χ0) is 21.5. The fraction of sp³-hybridized carbons (Fsp3) is 0.333. The molecule has 0 aliphatic heterocycles. The topological polar surface area (TPSA) is 91.2 Å². The van der Waals surface area contributed by atoms with E-state index in [1.54, 1.807) is 23.0 Å². The van der Waals surface area contributed by atoms with Crippen LogP contribution in [0.15, 0.2) is 24.8 Å². The molecule has 2 aliphatic rings. The zero-order valence-electron chi connectivity index (χ0n) is 16.9. The summed E-state index contributed by atoms with van der Waals surface area (Å²) in [5.41, 5.74) is 2.47. The van der Waals surface area contributed by atoms with Crippen molar-refractivity contribution in [2.45, 2.75) is 38.1 Å². The summed E-state index contributed by atoms with van der Waals surface area (Å²) in [6.07, 6.45) is 13.6. The lowest BCUT2D eigenvalue weighted by Gasteiger charge is -2.22. The first-order valence-electron chi connectivity index (χ1n) is 10.2. The number of hydrogen-bond donors (Lipinski definition) is 2. The lowest BCUT2D eigenvalue weighted by molar-refractivity contribution is -0.105. The molecule has 6 rings (SSSR count). The van der Waals surface area contributed by atoms with Crippen LogP contribution in [-0.4, -0.2) is 44.1 Å². The van der Waals surface area contributed by atoms with E-state index in [9.17, 15) is 4.79 Å². The Labute approximate surface area is 182 Å². The number of nitrogens with one attached hydrogen (secondary N) is 2. The van der Waals surface area contributed by atoms with Crippen LogP contribution in [0, 0.1) is 5.82 Å². The Balaban J connectivity index is 0.000000628. The van der Waals surface area contributed by atoms with Gasteiger partial charge in [0.2, 0.25) is 6.41 Å².